The van der Waals surface area contributed by atoms with E-state index >= 15 is 0 Å². The molecule has 2 fully saturated rings. The van der Waals surface area contributed by atoms with Gasteiger partial charge in [-0.3, -0.25) is 9.78 Å². The van der Waals surface area contributed by atoms with Crippen LogP contribution in [0.4, 0.5) is 0 Å². The van der Waals surface area contributed by atoms with Gasteiger partial charge in [-0.15, -0.1) is 0 Å². The van der Waals surface area contributed by atoms with Crippen LogP contribution in [0.3, 0.4) is 0 Å². The third kappa shape index (κ3) is 1.99. The highest BCUT2D eigenvalue weighted by Gasteiger charge is 2.48. The van der Waals surface area contributed by atoms with Crippen molar-refractivity contribution in [3.8, 4) is 0 Å². The van der Waals surface area contributed by atoms with Gasteiger partial charge in [0, 0.05) is 31.6 Å². The Kier molecular flexibility index (Phi) is 2.99. The Morgan fingerprint density at radius 3 is 2.78 bits per heavy atom. The summed E-state index contributed by atoms with van der Waals surface area (Å²) in [6.07, 6.45) is 8.98. The van der Waals surface area contributed by atoms with Crippen molar-refractivity contribution in [3.05, 3.63) is 24.3 Å². The zero-order valence-electron chi connectivity index (χ0n) is 10.3. The molecule has 2 heterocycles. The Morgan fingerprint density at radius 2 is 2.17 bits per heavy atom. The molecular weight excluding hydrogens is 230 g/mol. The standard InChI is InChI=1S/C13H17N3O2/c17-12(10-9-14-5-6-15-10)16-11-1-2-13(11)3-7-18-8-4-13/h5-6,9,11H,1-4,7-8H2,(H,16,17). The van der Waals surface area contributed by atoms with Gasteiger partial charge in [-0.25, -0.2) is 4.98 Å². The first kappa shape index (κ1) is 11.6. The van der Waals surface area contributed by atoms with Crippen LogP contribution in [0.25, 0.3) is 0 Å². The number of nitrogens with one attached hydrogen (secondary N) is 1. The van der Waals surface area contributed by atoms with Gasteiger partial charge in [0.2, 0.25) is 0 Å². The predicted octanol–water partition coefficient (Wildman–Crippen LogP) is 1.17. The number of aromatic nitrogens is 2. The van der Waals surface area contributed by atoms with Crippen LogP contribution >= 0.6 is 0 Å². The van der Waals surface area contributed by atoms with E-state index in [1.807, 2.05) is 0 Å². The molecule has 5 nitrogen and oxygen atoms in total. The topological polar surface area (TPSA) is 64.1 Å². The fourth-order valence-electron chi connectivity index (χ4n) is 2.95. The summed E-state index contributed by atoms with van der Waals surface area (Å²) in [5.74, 6) is -0.112. The van der Waals surface area contributed by atoms with Crippen LogP contribution in [-0.2, 0) is 4.74 Å². The summed E-state index contributed by atoms with van der Waals surface area (Å²) in [6, 6.07) is 0.274. The molecule has 96 valence electrons. The van der Waals surface area contributed by atoms with Crippen LogP contribution in [-0.4, -0.2) is 35.1 Å². The SMILES string of the molecule is O=C(NC1CCC12CCOCC2)c1cnccn1. The van der Waals surface area contributed by atoms with Crippen molar-refractivity contribution < 1.29 is 9.53 Å². The van der Waals surface area contributed by atoms with E-state index < -0.39 is 0 Å². The average Bonchev–Trinajstić information content (AvgIpc) is 2.45. The number of rotatable bonds is 2. The third-order valence-corrected chi connectivity index (χ3v) is 4.26. The van der Waals surface area contributed by atoms with E-state index in [1.165, 1.54) is 12.6 Å². The fraction of sp³-hybridized carbons (Fsp3) is 0.615. The number of carbonyl (C=O) groups is 1. The molecule has 1 saturated carbocycles. The molecule has 1 amide bonds. The Balaban J connectivity index is 1.65. The molecule has 1 N–H and O–H groups in total. The molecule has 1 spiro atoms. The first-order valence-electron chi connectivity index (χ1n) is 6.45. The highest BCUT2D eigenvalue weighted by Crippen LogP contribution is 2.48. The summed E-state index contributed by atoms with van der Waals surface area (Å²) >= 11 is 0. The monoisotopic (exact) mass is 247 g/mol. The minimum absolute atomic E-state index is 0.112. The predicted molar refractivity (Wildman–Crippen MR) is 65.0 cm³/mol. The highest BCUT2D eigenvalue weighted by atomic mass is 16.5. The lowest BCUT2D eigenvalue weighted by Crippen LogP contribution is -2.57. The lowest BCUT2D eigenvalue weighted by molar-refractivity contribution is -0.0523. The van der Waals surface area contributed by atoms with E-state index in [2.05, 4.69) is 15.3 Å². The molecule has 1 aliphatic carbocycles. The second-order valence-corrected chi connectivity index (χ2v) is 5.13. The Labute approximate surface area is 106 Å². The smallest absolute Gasteiger partial charge is 0.271 e. The number of hydrogen-bond donors (Lipinski definition) is 1. The number of carbonyl (C=O) groups excluding carboxylic acids is 1. The number of ether oxygens (including phenoxy) is 1. The maximum absolute atomic E-state index is 12.0. The molecule has 1 aromatic heterocycles. The van der Waals surface area contributed by atoms with Gasteiger partial charge < -0.3 is 10.1 Å². The third-order valence-electron chi connectivity index (χ3n) is 4.26. The lowest BCUT2D eigenvalue weighted by atomic mass is 9.60. The number of hydrogen-bond acceptors (Lipinski definition) is 4. The molecule has 1 aliphatic heterocycles. The quantitative estimate of drug-likeness (QED) is 0.852. The van der Waals surface area contributed by atoms with Gasteiger partial charge in [-0.2, -0.15) is 0 Å². The normalized spacial score (nSPS) is 25.4. The zero-order valence-corrected chi connectivity index (χ0v) is 10.3. The van der Waals surface area contributed by atoms with Gasteiger partial charge in [0.05, 0.1) is 6.20 Å². The van der Waals surface area contributed by atoms with E-state index in [0.29, 0.717) is 5.69 Å². The van der Waals surface area contributed by atoms with Gasteiger partial charge in [-0.05, 0) is 31.1 Å². The maximum Gasteiger partial charge on any atom is 0.271 e. The Bertz CT molecular complexity index is 429. The van der Waals surface area contributed by atoms with E-state index in [4.69, 9.17) is 4.74 Å². The van der Waals surface area contributed by atoms with Crippen molar-refractivity contribution in [1.29, 1.82) is 0 Å². The molecule has 0 radical (unpaired) electrons. The summed E-state index contributed by atoms with van der Waals surface area (Å²) in [7, 11) is 0. The van der Waals surface area contributed by atoms with Crippen LogP contribution in [0.5, 0.6) is 0 Å². The molecule has 0 bridgehead atoms. The second kappa shape index (κ2) is 4.65. The van der Waals surface area contributed by atoms with Crippen molar-refractivity contribution in [1.82, 2.24) is 15.3 Å². The second-order valence-electron chi connectivity index (χ2n) is 5.13. The van der Waals surface area contributed by atoms with Gasteiger partial charge in [0.1, 0.15) is 5.69 Å². The zero-order chi connectivity index (χ0) is 12.4. The van der Waals surface area contributed by atoms with Crippen LogP contribution in [0.2, 0.25) is 0 Å². The van der Waals surface area contributed by atoms with Gasteiger partial charge in [-0.1, -0.05) is 0 Å². The van der Waals surface area contributed by atoms with Crippen LogP contribution in [0.1, 0.15) is 36.2 Å². The van der Waals surface area contributed by atoms with Gasteiger partial charge >= 0.3 is 0 Å². The summed E-state index contributed by atoms with van der Waals surface area (Å²) in [6.45, 7) is 1.63. The van der Waals surface area contributed by atoms with Crippen molar-refractivity contribution in [2.75, 3.05) is 13.2 Å². The van der Waals surface area contributed by atoms with E-state index in [0.717, 1.165) is 32.5 Å². The molecule has 18 heavy (non-hydrogen) atoms. The molecule has 1 saturated heterocycles. The first-order chi connectivity index (χ1) is 8.80. The molecule has 3 rings (SSSR count). The Morgan fingerprint density at radius 1 is 1.33 bits per heavy atom. The number of nitrogens with zero attached hydrogens (tertiary/aromatic N) is 2. The summed E-state index contributed by atoms with van der Waals surface area (Å²) < 4.78 is 5.40. The maximum atomic E-state index is 12.0. The van der Waals surface area contributed by atoms with Gasteiger partial charge in [0.15, 0.2) is 0 Å². The first-order valence-corrected chi connectivity index (χ1v) is 6.45. The van der Waals surface area contributed by atoms with Crippen LogP contribution in [0, 0.1) is 5.41 Å². The summed E-state index contributed by atoms with van der Waals surface area (Å²) in [5, 5.41) is 3.10. The molecule has 5 heteroatoms. The van der Waals surface area contributed by atoms with E-state index in [9.17, 15) is 4.79 Å². The van der Waals surface area contributed by atoms with Crippen molar-refractivity contribution in [2.24, 2.45) is 5.41 Å². The van der Waals surface area contributed by atoms with Gasteiger partial charge in [0.25, 0.3) is 5.91 Å². The minimum atomic E-state index is -0.112. The minimum Gasteiger partial charge on any atom is -0.381 e. The Hall–Kier alpha value is -1.49. The van der Waals surface area contributed by atoms with Crippen molar-refractivity contribution >= 4 is 5.91 Å². The van der Waals surface area contributed by atoms with Crippen LogP contribution < -0.4 is 5.32 Å². The molecular formula is C13H17N3O2. The average molecular weight is 247 g/mol. The molecule has 1 unspecified atom stereocenters. The molecule has 1 aromatic rings. The van der Waals surface area contributed by atoms with Crippen molar-refractivity contribution in [3.63, 3.8) is 0 Å². The van der Waals surface area contributed by atoms with E-state index in [-0.39, 0.29) is 17.4 Å². The molecule has 1 atom stereocenters. The highest BCUT2D eigenvalue weighted by molar-refractivity contribution is 5.92. The lowest BCUT2D eigenvalue weighted by Gasteiger charge is -2.52. The largest absolute Gasteiger partial charge is 0.381 e. The summed E-state index contributed by atoms with van der Waals surface area (Å²) in [4.78, 5) is 20.0. The summed E-state index contributed by atoms with van der Waals surface area (Å²) in [5.41, 5.74) is 0.669. The fourth-order valence-corrected chi connectivity index (χ4v) is 2.95. The van der Waals surface area contributed by atoms with Crippen LogP contribution in [0.15, 0.2) is 18.6 Å². The van der Waals surface area contributed by atoms with Crippen molar-refractivity contribution in [2.45, 2.75) is 31.7 Å². The number of amides is 1. The van der Waals surface area contributed by atoms with E-state index in [1.54, 1.807) is 12.4 Å². The molecule has 2 aliphatic rings. The molecule has 0 aromatic carbocycles.